The van der Waals surface area contributed by atoms with Crippen molar-refractivity contribution >= 4 is 34.9 Å². The van der Waals surface area contributed by atoms with Gasteiger partial charge in [-0.25, -0.2) is 0 Å². The standard InChI is InChI=1S/C21H23ClN2O5/c1-12(2)20(15-5-7-16(22)8-6-15)21(26)29-11-19(25)23-17-9-13(3)14(4)10-18(17)24(27)28/h5-10,12,20H,11H2,1-4H3,(H,23,25)/t20-/m0/s1. The van der Waals surface area contributed by atoms with Gasteiger partial charge in [0.25, 0.3) is 11.6 Å². The van der Waals surface area contributed by atoms with Gasteiger partial charge in [0, 0.05) is 11.1 Å². The molecule has 0 saturated heterocycles. The van der Waals surface area contributed by atoms with Crippen molar-refractivity contribution in [2.75, 3.05) is 11.9 Å². The lowest BCUT2D eigenvalue weighted by Crippen LogP contribution is -2.26. The number of nitro benzene ring substituents is 1. The molecule has 1 amide bonds. The van der Waals surface area contributed by atoms with E-state index in [1.54, 1.807) is 38.1 Å². The summed E-state index contributed by atoms with van der Waals surface area (Å²) in [5.74, 6) is -1.82. The zero-order valence-corrected chi connectivity index (χ0v) is 17.4. The quantitative estimate of drug-likeness (QED) is 0.396. The zero-order valence-electron chi connectivity index (χ0n) is 16.7. The molecule has 0 fully saturated rings. The molecule has 0 unspecified atom stereocenters. The number of anilines is 1. The fourth-order valence-electron chi connectivity index (χ4n) is 2.93. The summed E-state index contributed by atoms with van der Waals surface area (Å²) in [5.41, 5.74) is 2.13. The van der Waals surface area contributed by atoms with Crippen LogP contribution in [0.4, 0.5) is 11.4 Å². The number of halogens is 1. The number of hydrogen-bond acceptors (Lipinski definition) is 5. The van der Waals surface area contributed by atoms with Gasteiger partial charge in [-0.05, 0) is 54.7 Å². The minimum Gasteiger partial charge on any atom is -0.455 e. The second kappa shape index (κ2) is 9.52. The lowest BCUT2D eigenvalue weighted by atomic mass is 9.88. The summed E-state index contributed by atoms with van der Waals surface area (Å²) in [5, 5.41) is 14.2. The maximum atomic E-state index is 12.6. The molecule has 0 aliphatic carbocycles. The van der Waals surface area contributed by atoms with Crippen LogP contribution >= 0.6 is 11.6 Å². The van der Waals surface area contributed by atoms with Crippen LogP contribution in [0.2, 0.25) is 5.02 Å². The highest BCUT2D eigenvalue weighted by molar-refractivity contribution is 6.30. The molecule has 0 saturated carbocycles. The van der Waals surface area contributed by atoms with Crippen LogP contribution in [0.1, 0.15) is 36.5 Å². The van der Waals surface area contributed by atoms with Crippen molar-refractivity contribution in [1.82, 2.24) is 0 Å². The van der Waals surface area contributed by atoms with E-state index in [2.05, 4.69) is 5.32 Å². The Hall–Kier alpha value is -2.93. The molecule has 0 bridgehead atoms. The third-order valence-corrected chi connectivity index (χ3v) is 4.83. The van der Waals surface area contributed by atoms with Gasteiger partial charge in [-0.3, -0.25) is 19.7 Å². The molecule has 0 radical (unpaired) electrons. The van der Waals surface area contributed by atoms with Crippen LogP contribution in [0.5, 0.6) is 0 Å². The Balaban J connectivity index is 2.08. The highest BCUT2D eigenvalue weighted by Gasteiger charge is 2.27. The van der Waals surface area contributed by atoms with Gasteiger partial charge in [0.05, 0.1) is 10.8 Å². The molecular weight excluding hydrogens is 396 g/mol. The van der Waals surface area contributed by atoms with Crippen molar-refractivity contribution in [2.45, 2.75) is 33.6 Å². The van der Waals surface area contributed by atoms with E-state index >= 15 is 0 Å². The lowest BCUT2D eigenvalue weighted by Gasteiger charge is -2.20. The van der Waals surface area contributed by atoms with Gasteiger partial charge < -0.3 is 10.1 Å². The summed E-state index contributed by atoms with van der Waals surface area (Å²) < 4.78 is 5.18. The Bertz CT molecular complexity index is 925. The van der Waals surface area contributed by atoms with Crippen LogP contribution in [-0.2, 0) is 14.3 Å². The smallest absolute Gasteiger partial charge is 0.314 e. The van der Waals surface area contributed by atoms with Crippen LogP contribution in [0.3, 0.4) is 0 Å². The van der Waals surface area contributed by atoms with Crippen molar-refractivity contribution < 1.29 is 19.2 Å². The molecule has 0 heterocycles. The summed E-state index contributed by atoms with van der Waals surface area (Å²) in [6.07, 6.45) is 0. The molecular formula is C21H23ClN2O5. The predicted octanol–water partition coefficient (Wildman–Crippen LogP) is 4.79. The van der Waals surface area contributed by atoms with Gasteiger partial charge >= 0.3 is 5.97 Å². The molecule has 0 aromatic heterocycles. The average molecular weight is 419 g/mol. The van der Waals surface area contributed by atoms with Crippen LogP contribution in [0.15, 0.2) is 36.4 Å². The zero-order chi connectivity index (χ0) is 21.7. The van der Waals surface area contributed by atoms with E-state index in [4.69, 9.17) is 16.3 Å². The summed E-state index contributed by atoms with van der Waals surface area (Å²) in [6, 6.07) is 9.78. The highest BCUT2D eigenvalue weighted by Crippen LogP contribution is 2.29. The van der Waals surface area contributed by atoms with Crippen molar-refractivity contribution in [1.29, 1.82) is 0 Å². The van der Waals surface area contributed by atoms with Crippen LogP contribution in [0.25, 0.3) is 0 Å². The number of rotatable bonds is 7. The molecule has 0 aliphatic heterocycles. The number of aryl methyl sites for hydroxylation is 2. The predicted molar refractivity (Wildman–Crippen MR) is 111 cm³/mol. The molecule has 0 aliphatic rings. The first-order chi connectivity index (χ1) is 13.6. The third kappa shape index (κ3) is 5.77. The Morgan fingerprint density at radius 3 is 2.28 bits per heavy atom. The Labute approximate surface area is 174 Å². The Morgan fingerprint density at radius 2 is 1.72 bits per heavy atom. The van der Waals surface area contributed by atoms with Crippen molar-refractivity contribution in [3.63, 3.8) is 0 Å². The first-order valence-electron chi connectivity index (χ1n) is 9.07. The third-order valence-electron chi connectivity index (χ3n) is 4.58. The molecule has 0 spiro atoms. The number of amides is 1. The van der Waals surface area contributed by atoms with E-state index in [-0.39, 0.29) is 17.3 Å². The number of nitrogens with zero attached hydrogens (tertiary/aromatic N) is 1. The number of hydrogen-bond donors (Lipinski definition) is 1. The Morgan fingerprint density at radius 1 is 1.14 bits per heavy atom. The summed E-state index contributed by atoms with van der Waals surface area (Å²) in [6.45, 7) is 6.74. The molecule has 2 rings (SSSR count). The summed E-state index contributed by atoms with van der Waals surface area (Å²) >= 11 is 5.89. The van der Waals surface area contributed by atoms with E-state index in [0.717, 1.165) is 16.7 Å². The van der Waals surface area contributed by atoms with Gasteiger partial charge in [-0.2, -0.15) is 0 Å². The van der Waals surface area contributed by atoms with E-state index < -0.39 is 29.3 Å². The van der Waals surface area contributed by atoms with Crippen LogP contribution in [0, 0.1) is 29.9 Å². The molecule has 154 valence electrons. The molecule has 8 heteroatoms. The van der Waals surface area contributed by atoms with E-state index in [1.807, 2.05) is 13.8 Å². The highest BCUT2D eigenvalue weighted by atomic mass is 35.5. The second-order valence-corrected chi connectivity index (χ2v) is 7.58. The van der Waals surface area contributed by atoms with Gasteiger partial charge in [-0.1, -0.05) is 37.6 Å². The minimum atomic E-state index is -0.650. The van der Waals surface area contributed by atoms with E-state index in [0.29, 0.717) is 5.02 Å². The number of nitro groups is 1. The first-order valence-corrected chi connectivity index (χ1v) is 9.45. The normalized spacial score (nSPS) is 11.8. The fourth-order valence-corrected chi connectivity index (χ4v) is 3.05. The summed E-state index contributed by atoms with van der Waals surface area (Å²) in [7, 11) is 0. The van der Waals surface area contributed by atoms with Gasteiger partial charge in [-0.15, -0.1) is 0 Å². The molecule has 1 atom stereocenters. The number of nitrogens with one attached hydrogen (secondary N) is 1. The van der Waals surface area contributed by atoms with Gasteiger partial charge in [0.1, 0.15) is 5.69 Å². The number of benzene rings is 2. The monoisotopic (exact) mass is 418 g/mol. The lowest BCUT2D eigenvalue weighted by molar-refractivity contribution is -0.384. The SMILES string of the molecule is Cc1cc(NC(=O)COC(=O)[C@H](c2ccc(Cl)cc2)C(C)C)c([N+](=O)[O-])cc1C. The largest absolute Gasteiger partial charge is 0.455 e. The average Bonchev–Trinajstić information content (AvgIpc) is 2.64. The number of carbonyl (C=O) groups excluding carboxylic acids is 2. The van der Waals surface area contributed by atoms with Crippen LogP contribution < -0.4 is 5.32 Å². The number of ether oxygens (including phenoxy) is 1. The van der Waals surface area contributed by atoms with Crippen molar-refractivity contribution in [2.24, 2.45) is 5.92 Å². The first kappa shape index (κ1) is 22.4. The fraction of sp³-hybridized carbons (Fsp3) is 0.333. The number of esters is 1. The Kier molecular flexibility index (Phi) is 7.34. The summed E-state index contributed by atoms with van der Waals surface area (Å²) in [4.78, 5) is 35.5. The number of carbonyl (C=O) groups is 2. The molecule has 7 nitrogen and oxygen atoms in total. The topological polar surface area (TPSA) is 98.5 Å². The molecule has 1 N–H and O–H groups in total. The maximum absolute atomic E-state index is 12.6. The van der Waals surface area contributed by atoms with Gasteiger partial charge in [0.15, 0.2) is 6.61 Å². The van der Waals surface area contributed by atoms with Crippen LogP contribution in [-0.4, -0.2) is 23.4 Å². The van der Waals surface area contributed by atoms with E-state index in [1.165, 1.54) is 12.1 Å². The molecule has 2 aromatic rings. The second-order valence-electron chi connectivity index (χ2n) is 7.14. The maximum Gasteiger partial charge on any atom is 0.314 e. The molecule has 29 heavy (non-hydrogen) atoms. The van der Waals surface area contributed by atoms with Crippen molar-refractivity contribution in [3.05, 3.63) is 68.2 Å². The van der Waals surface area contributed by atoms with E-state index in [9.17, 15) is 19.7 Å². The van der Waals surface area contributed by atoms with Crippen molar-refractivity contribution in [3.8, 4) is 0 Å². The molecule has 2 aromatic carbocycles. The minimum absolute atomic E-state index is 0.0624. The van der Waals surface area contributed by atoms with Gasteiger partial charge in [0.2, 0.25) is 0 Å².